The summed E-state index contributed by atoms with van der Waals surface area (Å²) in [6.07, 6.45) is -3.75. The monoisotopic (exact) mass is 1690 g/mol. The van der Waals surface area contributed by atoms with E-state index in [0.29, 0.717) is 63.4 Å². The number of aliphatic carboxylic acids is 1. The van der Waals surface area contributed by atoms with Gasteiger partial charge in [0.05, 0.1) is 6.10 Å². The molecule has 5 N–H and O–H groups in total. The predicted octanol–water partition coefficient (Wildman–Crippen LogP) is 6.06. The highest BCUT2D eigenvalue weighted by atomic mass is 16.7. The molecule has 0 aliphatic carbocycles. The van der Waals surface area contributed by atoms with Crippen LogP contribution in [0.25, 0.3) is 0 Å². The zero-order chi connectivity index (χ0) is 89.0. The van der Waals surface area contributed by atoms with E-state index in [1.165, 1.54) is 76.2 Å². The summed E-state index contributed by atoms with van der Waals surface area (Å²) in [5, 5.41) is 25.2. The molecule has 37 nitrogen and oxygen atoms in total. The van der Waals surface area contributed by atoms with Gasteiger partial charge in [-0.2, -0.15) is 0 Å². The molecule has 119 heavy (non-hydrogen) atoms. The lowest BCUT2D eigenvalue weighted by Gasteiger charge is -2.44. The van der Waals surface area contributed by atoms with Gasteiger partial charge < -0.3 is 107 Å². The maximum absolute atomic E-state index is 12.0. The van der Waals surface area contributed by atoms with Crippen LogP contribution in [-0.2, 0) is 161 Å². The van der Waals surface area contributed by atoms with Crippen molar-refractivity contribution in [2.24, 2.45) is 34.6 Å². The highest BCUT2D eigenvalue weighted by molar-refractivity contribution is 5.76. The number of aliphatic imine (C=N–C) groups is 1. The molecule has 3 amide bonds. The molecule has 668 valence electrons. The maximum atomic E-state index is 12.0. The zero-order valence-corrected chi connectivity index (χ0v) is 71.0. The number of unbranched alkanes of at least 4 members (excludes halogenated alkanes) is 3. The Balaban J connectivity index is 0.000000396. The van der Waals surface area contributed by atoms with Crippen molar-refractivity contribution in [2.75, 3.05) is 46.2 Å². The van der Waals surface area contributed by atoms with Crippen LogP contribution in [0, 0.1) is 29.6 Å². The molecule has 0 bridgehead atoms. The molecule has 2 aromatic rings. The number of carbonyl (C=O) groups is 14. The average molecular weight is 1690 g/mol. The number of carboxylic acids is 1. The minimum Gasteiger partial charge on any atom is -0.481 e. The molecule has 5 aliphatic rings. The Morgan fingerprint density at radius 2 is 0.714 bits per heavy atom. The fourth-order valence-corrected chi connectivity index (χ4v) is 12.7. The molecule has 4 fully saturated rings. The molecule has 0 aromatic heterocycles. The first kappa shape index (κ1) is 103. The minimum atomic E-state index is -1.17. The van der Waals surface area contributed by atoms with Crippen molar-refractivity contribution < 1.29 is 158 Å². The number of ether oxygens (including phenoxy) is 17. The molecular weight excluding hydrogens is 1570 g/mol. The second-order valence-corrected chi connectivity index (χ2v) is 29.0. The smallest absolute Gasteiger partial charge is 0.306 e. The fourth-order valence-electron chi connectivity index (χ4n) is 12.7. The van der Waals surface area contributed by atoms with Crippen molar-refractivity contribution in [3.05, 3.63) is 71.8 Å². The molecule has 4 saturated heterocycles. The molecule has 8 unspecified atom stereocenters. The van der Waals surface area contributed by atoms with Gasteiger partial charge in [0.25, 0.3) is 0 Å². The minimum absolute atomic E-state index is 0.0200. The molecule has 37 heteroatoms. The van der Waals surface area contributed by atoms with E-state index >= 15 is 0 Å². The van der Waals surface area contributed by atoms with Gasteiger partial charge in [-0.3, -0.25) is 67.1 Å². The van der Waals surface area contributed by atoms with Gasteiger partial charge in [0.1, 0.15) is 100 Å². The number of nitrogens with one attached hydrogen (secondary N) is 3. The number of aliphatic hydroxyl groups excluding tert-OH is 1. The second kappa shape index (κ2) is 55.1. The van der Waals surface area contributed by atoms with Crippen LogP contribution in [0.5, 0.6) is 0 Å². The summed E-state index contributed by atoms with van der Waals surface area (Å²) in [7, 11) is 0. The number of esters is 10. The van der Waals surface area contributed by atoms with Crippen molar-refractivity contribution >= 4 is 89.3 Å². The SMILES string of the molecule is CC(=O)NC1[C@H](OC(C)=O)OC(COC(C)=O)[C@H](C)[C@@H]1OC(C)=O.CC(=O)NC1[C@H](OCCCCC(=O)O)OC(COC(C)=O)[C@H](C)[C@@H]1OC(C)=O.CC(=O)NC1[C@H](OCCCCC(=O)OCc2ccccc2)OC(COC(C)=O)[C@H](C)[C@@H]1OC(C)=O.CC(=O)OCC1O[C@@H]2OC(C)=NC2[C@@H](C)[C@H]1C.O=C(CCCCO)OCc1ccccc1. The lowest BCUT2D eigenvalue weighted by molar-refractivity contribution is -0.260. The van der Waals surface area contributed by atoms with Crippen LogP contribution in [0.3, 0.4) is 0 Å². The topological polar surface area (TPSA) is 485 Å². The number of amides is 3. The third kappa shape index (κ3) is 40.7. The Morgan fingerprint density at radius 3 is 1.04 bits per heavy atom. The molecule has 5 heterocycles. The van der Waals surface area contributed by atoms with Gasteiger partial charge in [-0.25, -0.2) is 4.99 Å². The van der Waals surface area contributed by atoms with Crippen molar-refractivity contribution in [2.45, 2.75) is 281 Å². The van der Waals surface area contributed by atoms with Gasteiger partial charge in [-0.1, -0.05) is 95.3 Å². The van der Waals surface area contributed by atoms with E-state index in [4.69, 9.17) is 90.7 Å². The first-order valence-electron chi connectivity index (χ1n) is 39.5. The van der Waals surface area contributed by atoms with E-state index < -0.39 is 133 Å². The van der Waals surface area contributed by atoms with Gasteiger partial charge in [0.2, 0.25) is 30.3 Å². The van der Waals surface area contributed by atoms with E-state index in [1.54, 1.807) is 20.8 Å². The first-order chi connectivity index (χ1) is 56.2. The highest BCUT2D eigenvalue weighted by Crippen LogP contribution is 2.37. The fraction of sp³-hybridized carbons (Fsp3) is 0.671. The number of nitrogens with zero attached hydrogens (tertiary/aromatic N) is 1. The Labute approximate surface area is 693 Å². The normalized spacial score (nSPS) is 26.2. The first-order valence-corrected chi connectivity index (χ1v) is 39.5. The third-order valence-corrected chi connectivity index (χ3v) is 18.8. The Hall–Kier alpha value is -9.79. The Bertz CT molecular complexity index is 3570. The molecule has 0 radical (unpaired) electrons. The summed E-state index contributed by atoms with van der Waals surface area (Å²) in [6.45, 7) is 26.7. The summed E-state index contributed by atoms with van der Waals surface area (Å²) in [4.78, 5) is 163. The molecule has 7 rings (SSSR count). The number of carbonyl (C=O) groups excluding carboxylic acids is 13. The molecular formula is C82H122N4O33. The van der Waals surface area contributed by atoms with Gasteiger partial charge in [-0.15, -0.1) is 0 Å². The molecule has 0 spiro atoms. The van der Waals surface area contributed by atoms with Gasteiger partial charge in [0.15, 0.2) is 18.5 Å². The van der Waals surface area contributed by atoms with Crippen molar-refractivity contribution in [1.82, 2.24) is 16.0 Å². The van der Waals surface area contributed by atoms with Gasteiger partial charge in [-0.05, 0) is 61.5 Å². The van der Waals surface area contributed by atoms with Gasteiger partial charge >= 0.3 is 65.7 Å². The lowest BCUT2D eigenvalue weighted by atomic mass is 9.83. The summed E-state index contributed by atoms with van der Waals surface area (Å²) >= 11 is 0. The van der Waals surface area contributed by atoms with Crippen LogP contribution >= 0.6 is 0 Å². The van der Waals surface area contributed by atoms with E-state index in [0.717, 1.165) is 11.1 Å². The van der Waals surface area contributed by atoms with E-state index in [2.05, 4.69) is 34.8 Å². The van der Waals surface area contributed by atoms with Crippen LogP contribution in [0.4, 0.5) is 0 Å². The highest BCUT2D eigenvalue weighted by Gasteiger charge is 2.51. The summed E-state index contributed by atoms with van der Waals surface area (Å²) < 4.78 is 92.1. The van der Waals surface area contributed by atoms with Crippen LogP contribution in [0.2, 0.25) is 0 Å². The summed E-state index contributed by atoms with van der Waals surface area (Å²) in [6, 6.07) is 16.7. The van der Waals surface area contributed by atoms with Gasteiger partial charge in [0, 0.05) is 140 Å². The van der Waals surface area contributed by atoms with Crippen molar-refractivity contribution in [3.8, 4) is 0 Å². The number of aliphatic hydroxyl groups is 1. The van der Waals surface area contributed by atoms with E-state index in [1.807, 2.05) is 67.6 Å². The number of benzene rings is 2. The molecule has 20 atom stereocenters. The number of carboxylic acid groups (broad SMARTS) is 1. The lowest BCUT2D eigenvalue weighted by Crippen LogP contribution is -2.63. The van der Waals surface area contributed by atoms with Crippen molar-refractivity contribution in [1.29, 1.82) is 0 Å². The Morgan fingerprint density at radius 1 is 0.387 bits per heavy atom. The number of fused-ring (bicyclic) bond motifs is 1. The number of rotatable bonds is 35. The third-order valence-electron chi connectivity index (χ3n) is 18.8. The summed E-state index contributed by atoms with van der Waals surface area (Å²) in [5.74, 6) is -6.31. The predicted molar refractivity (Wildman–Crippen MR) is 417 cm³/mol. The van der Waals surface area contributed by atoms with Crippen LogP contribution in [0.15, 0.2) is 65.7 Å². The van der Waals surface area contributed by atoms with Crippen LogP contribution < -0.4 is 16.0 Å². The van der Waals surface area contributed by atoms with Crippen LogP contribution in [0.1, 0.15) is 187 Å². The van der Waals surface area contributed by atoms with Crippen LogP contribution in [-0.4, -0.2) is 238 Å². The second-order valence-electron chi connectivity index (χ2n) is 29.0. The Kier molecular flexibility index (Phi) is 47.9. The van der Waals surface area contributed by atoms with E-state index in [-0.39, 0.29) is 132 Å². The van der Waals surface area contributed by atoms with E-state index in [9.17, 15) is 67.1 Å². The number of hydrogen-bond donors (Lipinski definition) is 5. The standard InChI is InChI=1S/C25H35NO9.C18H29NO9.C15H23NO8.C12H19NO4.C12H16O3/c1-16-21(15-32-18(3)28)35-25(23(26-17(2)27)24(16)34-19(4)29)31-13-9-8-12-22(30)33-14-20-10-6-5-7-11-20;1-10-14(9-26-12(3)21)28-18(25-8-6-5-7-15(23)24)16(19-11(2)20)17(10)27-13(4)22;1-7-12(6-21-9(3)18)24-15(23-11(5)20)13(16-8(2)17)14(7)22-10(4)19;1-6-7(2)11-12(16-8(3)13-11)17-10(6)5-15-9(4)14;13-9-5-4-8-12(14)15-10-11-6-2-1-3-7-11/h5-7,10-11,16,21,23-25H,8-9,12-15H2,1-4H3,(H,26,27);10,14,16-18H,5-9H2,1-4H3,(H,19,20)(H,23,24);7,12-15H,6H2,1-5H3,(H,16,17);6-7,10-12H,5H2,1-4H3;1-3,6-7,13H,4-5,8-10H2/t16-,21?,23?,24-,25+;10-,14?,16?,17-,18+;7-,12?,13?,14-,15+;6-,7+,10?,11?,12+;/m0001./s1. The maximum Gasteiger partial charge on any atom is 0.306 e. The quantitative estimate of drug-likeness (QED) is 0.0297. The zero-order valence-electron chi connectivity index (χ0n) is 71.0. The molecule has 5 aliphatic heterocycles. The summed E-state index contributed by atoms with van der Waals surface area (Å²) in [5.41, 5.74) is 1.91. The largest absolute Gasteiger partial charge is 0.481 e. The molecule has 0 saturated carbocycles. The number of hydrogen-bond acceptors (Lipinski definition) is 33. The van der Waals surface area contributed by atoms with Crippen molar-refractivity contribution in [3.63, 3.8) is 0 Å². The molecule has 2 aromatic carbocycles. The average Bonchev–Trinajstić information content (AvgIpc) is 1.77.